The number of nitrogens with one attached hydrogen (secondary N) is 1. The Morgan fingerprint density at radius 3 is 2.81 bits per heavy atom. The summed E-state index contributed by atoms with van der Waals surface area (Å²) in [6.45, 7) is 0. The zero-order valence-electron chi connectivity index (χ0n) is 8.10. The molecule has 1 aromatic heterocycles. The van der Waals surface area contributed by atoms with E-state index in [9.17, 15) is 4.79 Å². The van der Waals surface area contributed by atoms with Crippen LogP contribution in [0.15, 0.2) is 30.5 Å². The van der Waals surface area contributed by atoms with Gasteiger partial charge in [-0.1, -0.05) is 18.2 Å². The number of rotatable bonds is 3. The Balaban J connectivity index is 0.00000128. The Hall–Kier alpha value is -1.27. The molecule has 0 saturated heterocycles. The van der Waals surface area contributed by atoms with Crippen LogP contribution in [0.1, 0.15) is 5.56 Å². The number of nitrogens with two attached hydrogens (primary N) is 1. The predicted octanol–water partition coefficient (Wildman–Crippen LogP) is -0.329. The van der Waals surface area contributed by atoms with Gasteiger partial charge in [-0.15, -0.1) is 0 Å². The minimum atomic E-state index is -0.972. The summed E-state index contributed by atoms with van der Waals surface area (Å²) in [5.74, 6) is -0.972. The zero-order valence-corrected chi connectivity index (χ0v) is 8.10. The van der Waals surface area contributed by atoms with E-state index in [2.05, 4.69) is 4.98 Å². The second-order valence-electron chi connectivity index (χ2n) is 3.51. The summed E-state index contributed by atoms with van der Waals surface area (Å²) < 4.78 is 0. The van der Waals surface area contributed by atoms with E-state index in [0.717, 1.165) is 16.5 Å². The number of carboxylic acid groups (broad SMARTS) is 1. The van der Waals surface area contributed by atoms with Crippen molar-refractivity contribution in [3.63, 3.8) is 0 Å². The molecule has 0 unspecified atom stereocenters. The fourth-order valence-corrected chi connectivity index (χ4v) is 1.62. The van der Waals surface area contributed by atoms with Gasteiger partial charge in [0.25, 0.3) is 0 Å². The van der Waals surface area contributed by atoms with E-state index in [1.165, 1.54) is 0 Å². The SMILES string of the molecule is N[C@@H](Cc1c[nH]c2ccccc12)C(=O)O.[GeH4]. The van der Waals surface area contributed by atoms with Gasteiger partial charge < -0.3 is 15.8 Å². The van der Waals surface area contributed by atoms with Crippen LogP contribution in [0, 0.1) is 0 Å². The van der Waals surface area contributed by atoms with E-state index >= 15 is 0 Å². The van der Waals surface area contributed by atoms with Crippen LogP contribution >= 0.6 is 0 Å². The predicted molar refractivity (Wildman–Crippen MR) is 68.9 cm³/mol. The average molecular weight is 281 g/mol. The van der Waals surface area contributed by atoms with Gasteiger partial charge in [-0.3, -0.25) is 4.79 Å². The first-order valence-electron chi connectivity index (χ1n) is 4.72. The molecule has 1 aromatic carbocycles. The van der Waals surface area contributed by atoms with Gasteiger partial charge in [-0.2, -0.15) is 0 Å². The molecule has 0 aliphatic heterocycles. The third-order valence-electron chi connectivity index (χ3n) is 2.43. The molecule has 16 heavy (non-hydrogen) atoms. The van der Waals surface area contributed by atoms with Crippen molar-refractivity contribution in [2.75, 3.05) is 0 Å². The molecule has 0 bridgehead atoms. The molecular formula is C11H16GeN2O2. The molecule has 0 amide bonds. The molecule has 1 atom stereocenters. The molecule has 0 fully saturated rings. The van der Waals surface area contributed by atoms with E-state index in [1.54, 1.807) is 0 Å². The van der Waals surface area contributed by atoms with Crippen LogP contribution < -0.4 is 5.73 Å². The number of benzene rings is 1. The number of hydrogen-bond donors (Lipinski definition) is 3. The zero-order chi connectivity index (χ0) is 10.8. The molecule has 0 saturated carbocycles. The summed E-state index contributed by atoms with van der Waals surface area (Å²) in [6.07, 6.45) is 2.16. The monoisotopic (exact) mass is 282 g/mol. The number of carbonyl (C=O) groups is 1. The number of hydrogen-bond acceptors (Lipinski definition) is 2. The Bertz CT molecular complexity index is 495. The average Bonchev–Trinajstić information content (AvgIpc) is 2.62. The first-order chi connectivity index (χ1) is 7.18. The molecule has 2 rings (SSSR count). The summed E-state index contributed by atoms with van der Waals surface area (Å²) in [5.41, 5.74) is 7.43. The summed E-state index contributed by atoms with van der Waals surface area (Å²) in [6, 6.07) is 6.91. The van der Waals surface area contributed by atoms with Crippen molar-refractivity contribution < 1.29 is 9.90 Å². The maximum absolute atomic E-state index is 10.6. The second kappa shape index (κ2) is 5.18. The Morgan fingerprint density at radius 1 is 1.44 bits per heavy atom. The van der Waals surface area contributed by atoms with Gasteiger partial charge in [0, 0.05) is 23.5 Å². The number of fused-ring (bicyclic) bond motifs is 1. The molecule has 0 aliphatic carbocycles. The van der Waals surface area contributed by atoms with Gasteiger partial charge in [0.05, 0.1) is 0 Å². The Kier molecular flexibility index (Phi) is 4.14. The standard InChI is InChI=1S/C11H12N2O2.GeH4/c12-9(11(14)15)5-7-6-13-10-4-2-1-3-8(7)10;/h1-4,6,9,13H,5,12H2,(H,14,15);1H4/t9-;/m0./s1. The number of aliphatic carboxylic acids is 1. The number of carboxylic acids is 1. The minimum absolute atomic E-state index is 0. The van der Waals surface area contributed by atoms with Crippen molar-refractivity contribution in [1.29, 1.82) is 0 Å². The van der Waals surface area contributed by atoms with E-state index < -0.39 is 12.0 Å². The van der Waals surface area contributed by atoms with Gasteiger partial charge in [-0.25, -0.2) is 0 Å². The van der Waals surface area contributed by atoms with Crippen LogP contribution in [0.3, 0.4) is 0 Å². The van der Waals surface area contributed by atoms with E-state index in [-0.39, 0.29) is 17.6 Å². The van der Waals surface area contributed by atoms with Crippen LogP contribution in [0.2, 0.25) is 0 Å². The third-order valence-corrected chi connectivity index (χ3v) is 2.43. The number of aromatic amines is 1. The number of aromatic nitrogens is 1. The maximum atomic E-state index is 10.6. The van der Waals surface area contributed by atoms with E-state index in [4.69, 9.17) is 10.8 Å². The van der Waals surface area contributed by atoms with Crippen molar-refractivity contribution in [1.82, 2.24) is 4.98 Å². The van der Waals surface area contributed by atoms with E-state index in [1.807, 2.05) is 30.5 Å². The number of para-hydroxylation sites is 1. The Labute approximate surface area is 104 Å². The molecule has 0 aliphatic rings. The normalized spacial score (nSPS) is 12.1. The van der Waals surface area contributed by atoms with Gasteiger partial charge in [0.15, 0.2) is 0 Å². The van der Waals surface area contributed by atoms with Gasteiger partial charge in [-0.05, 0) is 11.6 Å². The molecule has 86 valence electrons. The third kappa shape index (κ3) is 2.45. The van der Waals surface area contributed by atoms with Gasteiger partial charge >= 0.3 is 23.6 Å². The first-order valence-corrected chi connectivity index (χ1v) is 4.72. The molecule has 5 heteroatoms. The first kappa shape index (κ1) is 12.8. The summed E-state index contributed by atoms with van der Waals surface area (Å²) in [4.78, 5) is 13.7. The quantitative estimate of drug-likeness (QED) is 0.674. The van der Waals surface area contributed by atoms with Crippen molar-refractivity contribution in [2.45, 2.75) is 12.5 Å². The second-order valence-corrected chi connectivity index (χ2v) is 3.51. The van der Waals surface area contributed by atoms with Crippen molar-refractivity contribution in [3.8, 4) is 0 Å². The van der Waals surface area contributed by atoms with Crippen LogP contribution in [-0.2, 0) is 11.2 Å². The van der Waals surface area contributed by atoms with Crippen molar-refractivity contribution >= 4 is 34.5 Å². The van der Waals surface area contributed by atoms with Crippen molar-refractivity contribution in [2.24, 2.45) is 5.73 Å². The van der Waals surface area contributed by atoms with Crippen LogP contribution in [-0.4, -0.2) is 39.7 Å². The summed E-state index contributed by atoms with van der Waals surface area (Å²) >= 11 is 0. The van der Waals surface area contributed by atoms with Crippen LogP contribution in [0.5, 0.6) is 0 Å². The van der Waals surface area contributed by atoms with Gasteiger partial charge in [0.2, 0.25) is 0 Å². The van der Waals surface area contributed by atoms with Crippen LogP contribution in [0.25, 0.3) is 10.9 Å². The molecule has 1 heterocycles. The Morgan fingerprint density at radius 2 is 2.12 bits per heavy atom. The van der Waals surface area contributed by atoms with E-state index in [0.29, 0.717) is 6.42 Å². The topological polar surface area (TPSA) is 79.1 Å². The molecular weight excluding hydrogens is 265 g/mol. The molecule has 2 aromatic rings. The molecule has 4 N–H and O–H groups in total. The molecule has 0 radical (unpaired) electrons. The molecule has 0 spiro atoms. The fourth-order valence-electron chi connectivity index (χ4n) is 1.62. The van der Waals surface area contributed by atoms with Crippen molar-refractivity contribution in [3.05, 3.63) is 36.0 Å². The van der Waals surface area contributed by atoms with Gasteiger partial charge in [0.1, 0.15) is 6.04 Å². The van der Waals surface area contributed by atoms with Crippen LogP contribution in [0.4, 0.5) is 0 Å². The summed E-state index contributed by atoms with van der Waals surface area (Å²) in [5, 5.41) is 9.75. The fraction of sp³-hybridized carbons (Fsp3) is 0.182. The number of H-pyrrole nitrogens is 1. The summed E-state index contributed by atoms with van der Waals surface area (Å²) in [7, 11) is 0. The molecule has 4 nitrogen and oxygen atoms in total.